The summed E-state index contributed by atoms with van der Waals surface area (Å²) >= 11 is 0. The maximum atomic E-state index is 13.1. The summed E-state index contributed by atoms with van der Waals surface area (Å²) in [5, 5.41) is 11.3. The second-order valence-electron chi connectivity index (χ2n) is 5.72. The van der Waals surface area contributed by atoms with Crippen LogP contribution in [0.25, 0.3) is 0 Å². The van der Waals surface area contributed by atoms with E-state index in [1.165, 1.54) is 6.07 Å². The van der Waals surface area contributed by atoms with Gasteiger partial charge in [-0.15, -0.1) is 0 Å². The molecule has 0 bridgehead atoms. The monoisotopic (exact) mass is 405 g/mol. The van der Waals surface area contributed by atoms with Gasteiger partial charge in [-0.05, 0) is 12.1 Å². The number of halogens is 3. The van der Waals surface area contributed by atoms with E-state index in [1.807, 2.05) is 5.32 Å². The second kappa shape index (κ2) is 9.20. The molecule has 0 unspecified atom stereocenters. The minimum Gasteiger partial charge on any atom is -0.480 e. The van der Waals surface area contributed by atoms with Crippen LogP contribution < -0.4 is 5.32 Å². The summed E-state index contributed by atoms with van der Waals surface area (Å²) < 4.78 is 48.1. The van der Waals surface area contributed by atoms with Crippen molar-refractivity contribution in [3.63, 3.8) is 0 Å². The number of alkyl halides is 3. The number of carbonyl (C=O) groups is 4. The number of methoxy groups -OCH3 is 2. The Morgan fingerprint density at radius 3 is 1.96 bits per heavy atom. The number of esters is 2. The van der Waals surface area contributed by atoms with Gasteiger partial charge in [0.1, 0.15) is 6.04 Å². The molecule has 0 spiro atoms. The minimum absolute atomic E-state index is 0.666. The summed E-state index contributed by atoms with van der Waals surface area (Å²) in [5.41, 5.74) is -2.07. The van der Waals surface area contributed by atoms with Crippen molar-refractivity contribution in [2.24, 2.45) is 11.8 Å². The lowest BCUT2D eigenvalue weighted by atomic mass is 9.87. The van der Waals surface area contributed by atoms with Crippen molar-refractivity contribution in [2.75, 3.05) is 14.2 Å². The van der Waals surface area contributed by atoms with Crippen LogP contribution in [0.5, 0.6) is 0 Å². The van der Waals surface area contributed by atoms with Crippen molar-refractivity contribution in [3.05, 3.63) is 35.4 Å². The Kier molecular flexibility index (Phi) is 7.53. The first-order valence-electron chi connectivity index (χ1n) is 7.81. The number of rotatable bonds is 7. The van der Waals surface area contributed by atoms with Gasteiger partial charge in [-0.2, -0.15) is 13.2 Å². The van der Waals surface area contributed by atoms with E-state index in [4.69, 9.17) is 0 Å². The van der Waals surface area contributed by atoms with Crippen molar-refractivity contribution < 1.29 is 46.9 Å². The van der Waals surface area contributed by atoms with E-state index in [9.17, 15) is 37.5 Å². The Hall–Kier alpha value is -3.11. The van der Waals surface area contributed by atoms with Crippen LogP contribution in [-0.4, -0.2) is 49.2 Å². The van der Waals surface area contributed by atoms with Crippen LogP contribution in [0.4, 0.5) is 13.2 Å². The Labute approximate surface area is 157 Å². The van der Waals surface area contributed by atoms with Crippen LogP contribution in [0.1, 0.15) is 22.8 Å². The van der Waals surface area contributed by atoms with Crippen molar-refractivity contribution in [3.8, 4) is 0 Å². The van der Waals surface area contributed by atoms with Crippen molar-refractivity contribution in [1.82, 2.24) is 5.32 Å². The van der Waals surface area contributed by atoms with E-state index in [1.54, 1.807) is 0 Å². The predicted octanol–water partition coefficient (Wildman–Crippen LogP) is 1.49. The first-order valence-corrected chi connectivity index (χ1v) is 7.81. The average Bonchev–Trinajstić information content (AvgIpc) is 2.64. The summed E-state index contributed by atoms with van der Waals surface area (Å²) in [5.74, 6) is -8.33. The van der Waals surface area contributed by atoms with Crippen molar-refractivity contribution in [2.45, 2.75) is 19.1 Å². The topological polar surface area (TPSA) is 119 Å². The van der Waals surface area contributed by atoms with E-state index < -0.39 is 59.0 Å². The molecule has 1 aromatic carbocycles. The Morgan fingerprint density at radius 1 is 1.04 bits per heavy atom. The van der Waals surface area contributed by atoms with Gasteiger partial charge in [0.15, 0.2) is 5.92 Å². The summed E-state index contributed by atoms with van der Waals surface area (Å²) in [6, 6.07) is 1.91. The Morgan fingerprint density at radius 2 is 1.54 bits per heavy atom. The lowest BCUT2D eigenvalue weighted by molar-refractivity contribution is -0.162. The maximum Gasteiger partial charge on any atom is 0.417 e. The second-order valence-corrected chi connectivity index (χ2v) is 5.72. The number of carbonyl (C=O) groups excluding carboxylic acids is 3. The molecule has 0 radical (unpaired) electrons. The number of hydrogen-bond donors (Lipinski definition) is 2. The number of carboxylic acids is 1. The summed E-state index contributed by atoms with van der Waals surface area (Å²) in [7, 11) is 1.91. The van der Waals surface area contributed by atoms with Crippen LogP contribution in [0.15, 0.2) is 24.3 Å². The van der Waals surface area contributed by atoms with Gasteiger partial charge in [-0.25, -0.2) is 4.79 Å². The third-order valence-corrected chi connectivity index (χ3v) is 3.99. The standard InChI is InChI=1S/C17H18F3NO7/c1-8(11(15(25)27-2)16(26)28-3)12(14(23)24)21-13(22)9-6-4-5-7-10(9)17(18,19)20/h4-8,11-12H,1-3H3,(H,21,22)(H,23,24)/t8-,12-/m0/s1. The Balaban J connectivity index is 3.24. The minimum atomic E-state index is -4.85. The normalized spacial score (nSPS) is 13.4. The zero-order valence-electron chi connectivity index (χ0n) is 15.1. The number of aliphatic carboxylic acids is 1. The molecule has 28 heavy (non-hydrogen) atoms. The van der Waals surface area contributed by atoms with E-state index in [-0.39, 0.29) is 0 Å². The molecule has 8 nitrogen and oxygen atoms in total. The van der Waals surface area contributed by atoms with Gasteiger partial charge in [0.05, 0.1) is 25.3 Å². The molecule has 2 atom stereocenters. The van der Waals surface area contributed by atoms with Crippen molar-refractivity contribution >= 4 is 23.8 Å². The lowest BCUT2D eigenvalue weighted by Crippen LogP contribution is -2.50. The SMILES string of the molecule is COC(=O)C(C(=O)OC)[C@H](C)[C@H](NC(=O)c1ccccc1C(F)(F)F)C(=O)O. The quantitative estimate of drug-likeness (QED) is 0.521. The van der Waals surface area contributed by atoms with Gasteiger partial charge in [0.25, 0.3) is 5.91 Å². The van der Waals surface area contributed by atoms with Crippen LogP contribution >= 0.6 is 0 Å². The fraction of sp³-hybridized carbons (Fsp3) is 0.412. The molecule has 1 aromatic rings. The van der Waals surface area contributed by atoms with E-state index in [2.05, 4.69) is 9.47 Å². The largest absolute Gasteiger partial charge is 0.480 e. The third-order valence-electron chi connectivity index (χ3n) is 3.99. The number of ether oxygens (including phenoxy) is 2. The molecule has 0 aliphatic carbocycles. The van der Waals surface area contributed by atoms with Crippen LogP contribution in [0, 0.1) is 11.8 Å². The fourth-order valence-corrected chi connectivity index (χ4v) is 2.54. The van der Waals surface area contributed by atoms with Gasteiger partial charge in [-0.3, -0.25) is 14.4 Å². The predicted molar refractivity (Wildman–Crippen MR) is 87.0 cm³/mol. The summed E-state index contributed by atoms with van der Waals surface area (Å²) in [6.07, 6.45) is -4.85. The first-order chi connectivity index (χ1) is 12.9. The van der Waals surface area contributed by atoms with E-state index >= 15 is 0 Å². The van der Waals surface area contributed by atoms with Gasteiger partial charge in [0, 0.05) is 5.92 Å². The highest BCUT2D eigenvalue weighted by Gasteiger charge is 2.43. The van der Waals surface area contributed by atoms with Crippen LogP contribution in [-0.2, 0) is 30.0 Å². The lowest BCUT2D eigenvalue weighted by Gasteiger charge is -2.26. The molecule has 0 heterocycles. The van der Waals surface area contributed by atoms with E-state index in [0.29, 0.717) is 6.07 Å². The number of hydrogen-bond acceptors (Lipinski definition) is 6. The highest BCUT2D eigenvalue weighted by atomic mass is 19.4. The number of benzene rings is 1. The molecule has 2 N–H and O–H groups in total. The van der Waals surface area contributed by atoms with Crippen molar-refractivity contribution in [1.29, 1.82) is 0 Å². The molecule has 1 amide bonds. The smallest absolute Gasteiger partial charge is 0.417 e. The molecule has 0 aromatic heterocycles. The van der Waals surface area contributed by atoms with Crippen LogP contribution in [0.3, 0.4) is 0 Å². The highest BCUT2D eigenvalue weighted by Crippen LogP contribution is 2.32. The Bertz CT molecular complexity index is 747. The molecule has 0 saturated heterocycles. The average molecular weight is 405 g/mol. The molecule has 0 saturated carbocycles. The van der Waals surface area contributed by atoms with E-state index in [0.717, 1.165) is 33.3 Å². The van der Waals surface area contributed by atoms with Gasteiger partial charge >= 0.3 is 24.1 Å². The first kappa shape index (κ1) is 22.9. The molecular weight excluding hydrogens is 387 g/mol. The molecule has 11 heteroatoms. The highest BCUT2D eigenvalue weighted by molar-refractivity contribution is 5.99. The zero-order valence-corrected chi connectivity index (χ0v) is 15.1. The molecular formula is C17H18F3NO7. The molecule has 1 rings (SSSR count). The summed E-state index contributed by atoms with van der Waals surface area (Å²) in [4.78, 5) is 47.6. The van der Waals surface area contributed by atoms with Gasteiger partial charge < -0.3 is 19.9 Å². The fourth-order valence-electron chi connectivity index (χ4n) is 2.54. The van der Waals surface area contributed by atoms with Gasteiger partial charge in [0.2, 0.25) is 0 Å². The van der Waals surface area contributed by atoms with Gasteiger partial charge in [-0.1, -0.05) is 19.1 Å². The molecule has 0 aliphatic heterocycles. The molecule has 0 aliphatic rings. The molecule has 0 fully saturated rings. The summed E-state index contributed by atoms with van der Waals surface area (Å²) in [6.45, 7) is 1.15. The zero-order chi connectivity index (χ0) is 21.6. The molecule has 154 valence electrons. The number of carboxylic acid groups (broad SMARTS) is 1. The third kappa shape index (κ3) is 5.21. The maximum absolute atomic E-state index is 13.1. The number of nitrogens with one attached hydrogen (secondary N) is 1. The van der Waals surface area contributed by atoms with Crippen LogP contribution in [0.2, 0.25) is 0 Å². The number of amides is 1.